The Balaban J connectivity index is 2.27. The van der Waals surface area contributed by atoms with E-state index in [2.05, 4.69) is 5.32 Å². The van der Waals surface area contributed by atoms with Crippen molar-refractivity contribution in [2.45, 2.75) is 33.6 Å². The van der Waals surface area contributed by atoms with Gasteiger partial charge in [0.15, 0.2) is 0 Å². The number of carboxylic acid groups (broad SMARTS) is 1. The average Bonchev–Trinajstić information content (AvgIpc) is 3.18. The number of aromatic nitrogens is 1. The summed E-state index contributed by atoms with van der Waals surface area (Å²) in [4.78, 5) is 25.0. The van der Waals surface area contributed by atoms with E-state index < -0.39 is 11.9 Å². The van der Waals surface area contributed by atoms with Gasteiger partial charge in [0.1, 0.15) is 18.7 Å². The van der Waals surface area contributed by atoms with E-state index in [4.69, 9.17) is 16.3 Å². The summed E-state index contributed by atoms with van der Waals surface area (Å²) in [5.74, 6) is -1.56. The second-order valence-electron chi connectivity index (χ2n) is 8.31. The molecule has 0 fully saturated rings. The quantitative estimate of drug-likeness (QED) is 0.239. The van der Waals surface area contributed by atoms with Crippen molar-refractivity contribution in [3.63, 3.8) is 0 Å². The van der Waals surface area contributed by atoms with E-state index in [0.29, 0.717) is 35.0 Å². The van der Waals surface area contributed by atoms with Crippen LogP contribution < -0.4 is 10.1 Å². The maximum Gasteiger partial charge on any atom is 0.332 e. The lowest BCUT2D eigenvalue weighted by molar-refractivity contribution is -0.132. The van der Waals surface area contributed by atoms with Gasteiger partial charge in [0.25, 0.3) is 5.91 Å². The predicted molar refractivity (Wildman–Crippen MR) is 147 cm³/mol. The molecular weight excluding hydrogens is 495 g/mol. The summed E-state index contributed by atoms with van der Waals surface area (Å²) >= 11 is 5.75. The summed E-state index contributed by atoms with van der Waals surface area (Å²) < 4.78 is 20.2. The number of amides is 1. The van der Waals surface area contributed by atoms with Gasteiger partial charge in [-0.3, -0.25) is 4.79 Å². The number of nitrogens with zero attached hydrogens (tertiary/aromatic N) is 1. The molecule has 0 aliphatic rings. The summed E-state index contributed by atoms with van der Waals surface area (Å²) in [5.41, 5.74) is 3.29. The molecule has 0 radical (unpaired) electrons. The molecule has 2 N–H and O–H groups in total. The molecule has 0 saturated heterocycles. The van der Waals surface area contributed by atoms with Crippen molar-refractivity contribution >= 4 is 29.2 Å². The predicted octanol–water partition coefficient (Wildman–Crippen LogP) is 7.21. The summed E-state index contributed by atoms with van der Waals surface area (Å²) in [6.45, 7) is 7.75. The Labute approximate surface area is 222 Å². The summed E-state index contributed by atoms with van der Waals surface area (Å²) in [6.07, 6.45) is 10.3. The lowest BCUT2D eigenvalue weighted by Gasteiger charge is -2.16. The number of ether oxygens (including phenoxy) is 1. The number of allylic oxidation sites excluding steroid dienone is 7. The van der Waals surface area contributed by atoms with E-state index in [-0.39, 0.29) is 22.8 Å². The SMILES string of the molecule is C/C=C\C=C(/C)COc1ccc(NC(=O)c2cc(C(C=C/C(Cl)=C/F)/C(=C\C)C(=O)O)n(C)c2C)cc1. The first-order valence-corrected chi connectivity index (χ1v) is 12.0. The van der Waals surface area contributed by atoms with Crippen LogP contribution in [0.4, 0.5) is 10.1 Å². The number of nitrogens with one attached hydrogen (secondary N) is 1. The minimum Gasteiger partial charge on any atom is -0.489 e. The first-order valence-electron chi connectivity index (χ1n) is 11.6. The molecule has 6 nitrogen and oxygen atoms in total. The molecular formula is C29H32ClFN2O4. The highest BCUT2D eigenvalue weighted by atomic mass is 35.5. The fourth-order valence-electron chi connectivity index (χ4n) is 3.61. The number of carbonyl (C=O) groups excluding carboxylic acids is 1. The Hall–Kier alpha value is -3.84. The van der Waals surface area contributed by atoms with Crippen molar-refractivity contribution in [1.82, 2.24) is 4.57 Å². The Kier molecular flexibility index (Phi) is 11.2. The maximum absolute atomic E-state index is 13.1. The molecule has 8 heteroatoms. The smallest absolute Gasteiger partial charge is 0.332 e. The number of carboxylic acids is 1. The topological polar surface area (TPSA) is 80.6 Å². The van der Waals surface area contributed by atoms with E-state index in [1.54, 1.807) is 55.8 Å². The van der Waals surface area contributed by atoms with Crippen LogP contribution in [-0.4, -0.2) is 28.2 Å². The highest BCUT2D eigenvalue weighted by Crippen LogP contribution is 2.31. The van der Waals surface area contributed by atoms with Crippen LogP contribution >= 0.6 is 11.6 Å². The minimum atomic E-state index is -1.13. The molecule has 0 saturated carbocycles. The molecule has 1 aromatic carbocycles. The lowest BCUT2D eigenvalue weighted by atomic mass is 9.94. The number of halogens is 2. The molecule has 0 bridgehead atoms. The van der Waals surface area contributed by atoms with Crippen LogP contribution in [0.5, 0.6) is 5.75 Å². The molecule has 0 spiro atoms. The third-order valence-electron chi connectivity index (χ3n) is 5.73. The number of aliphatic carboxylic acids is 1. The van der Waals surface area contributed by atoms with Gasteiger partial charge in [-0.05, 0) is 69.7 Å². The van der Waals surface area contributed by atoms with Crippen LogP contribution in [0.25, 0.3) is 0 Å². The second kappa shape index (κ2) is 14.0. The van der Waals surface area contributed by atoms with Gasteiger partial charge < -0.3 is 19.7 Å². The van der Waals surface area contributed by atoms with Crippen molar-refractivity contribution in [2.24, 2.45) is 7.05 Å². The van der Waals surface area contributed by atoms with Crippen LogP contribution in [0.15, 0.2) is 89.3 Å². The number of carbonyl (C=O) groups is 2. The van der Waals surface area contributed by atoms with Crippen LogP contribution in [0, 0.1) is 6.92 Å². The summed E-state index contributed by atoms with van der Waals surface area (Å²) in [6, 6.07) is 8.68. The van der Waals surface area contributed by atoms with Gasteiger partial charge in [0.2, 0.25) is 0 Å². The number of benzene rings is 1. The van der Waals surface area contributed by atoms with E-state index in [0.717, 1.165) is 5.57 Å². The fraction of sp³-hybridized carbons (Fsp3) is 0.241. The van der Waals surface area contributed by atoms with Gasteiger partial charge in [-0.2, -0.15) is 0 Å². The molecule has 37 heavy (non-hydrogen) atoms. The van der Waals surface area contributed by atoms with Crippen LogP contribution in [0.1, 0.15) is 48.4 Å². The van der Waals surface area contributed by atoms with Gasteiger partial charge in [0, 0.05) is 35.6 Å². The summed E-state index contributed by atoms with van der Waals surface area (Å²) in [5, 5.41) is 12.4. The zero-order chi connectivity index (χ0) is 27.5. The molecule has 1 aromatic heterocycles. The highest BCUT2D eigenvalue weighted by Gasteiger charge is 2.25. The Bertz CT molecular complexity index is 1270. The largest absolute Gasteiger partial charge is 0.489 e. The Morgan fingerprint density at radius 1 is 1.24 bits per heavy atom. The number of hydrogen-bond acceptors (Lipinski definition) is 3. The van der Waals surface area contributed by atoms with E-state index in [1.165, 1.54) is 18.2 Å². The molecule has 1 heterocycles. The zero-order valence-corrected chi connectivity index (χ0v) is 22.3. The fourth-order valence-corrected chi connectivity index (χ4v) is 3.69. The molecule has 0 aliphatic heterocycles. The molecule has 1 atom stereocenters. The Morgan fingerprint density at radius 2 is 1.92 bits per heavy atom. The van der Waals surface area contributed by atoms with Gasteiger partial charge in [-0.15, -0.1) is 0 Å². The Morgan fingerprint density at radius 3 is 2.49 bits per heavy atom. The van der Waals surface area contributed by atoms with Gasteiger partial charge in [0.05, 0.1) is 10.6 Å². The second-order valence-corrected chi connectivity index (χ2v) is 8.75. The number of rotatable bonds is 11. The van der Waals surface area contributed by atoms with Crippen LogP contribution in [0.3, 0.4) is 0 Å². The molecule has 2 rings (SSSR count). The third kappa shape index (κ3) is 8.08. The van der Waals surface area contributed by atoms with Crippen molar-refractivity contribution in [2.75, 3.05) is 11.9 Å². The molecule has 196 valence electrons. The first kappa shape index (κ1) is 29.4. The molecule has 1 amide bonds. The van der Waals surface area contributed by atoms with Gasteiger partial charge in [-0.25, -0.2) is 9.18 Å². The highest BCUT2D eigenvalue weighted by molar-refractivity contribution is 6.31. The van der Waals surface area contributed by atoms with E-state index in [9.17, 15) is 19.1 Å². The van der Waals surface area contributed by atoms with E-state index in [1.807, 2.05) is 32.1 Å². The first-order chi connectivity index (χ1) is 17.6. The number of anilines is 1. The third-order valence-corrected chi connectivity index (χ3v) is 5.94. The van der Waals surface area contributed by atoms with Gasteiger partial charge >= 0.3 is 5.97 Å². The van der Waals surface area contributed by atoms with Crippen molar-refractivity contribution in [3.05, 3.63) is 106 Å². The maximum atomic E-state index is 13.1. The standard InChI is InChI=1S/C29H32ClFN2O4/c1-6-8-9-19(3)18-37-23-13-11-22(12-14-23)32-28(34)26-16-27(33(5)20(26)4)25(15-10-21(30)17-31)24(7-2)29(35)36/h6-17,25H,18H2,1-5H3,(H,32,34)(H,35,36)/b8-6-,15-10?,19-9+,21-17-,24-7+. The summed E-state index contributed by atoms with van der Waals surface area (Å²) in [7, 11) is 1.74. The molecule has 2 aromatic rings. The lowest BCUT2D eigenvalue weighted by Crippen LogP contribution is -2.13. The van der Waals surface area contributed by atoms with Crippen molar-refractivity contribution in [3.8, 4) is 5.75 Å². The zero-order valence-electron chi connectivity index (χ0n) is 21.6. The average molecular weight is 527 g/mol. The van der Waals surface area contributed by atoms with E-state index >= 15 is 0 Å². The number of hydrogen-bond donors (Lipinski definition) is 2. The minimum absolute atomic E-state index is 0.0681. The van der Waals surface area contributed by atoms with Crippen LogP contribution in [-0.2, 0) is 11.8 Å². The van der Waals surface area contributed by atoms with Crippen molar-refractivity contribution in [1.29, 1.82) is 0 Å². The monoisotopic (exact) mass is 526 g/mol. The van der Waals surface area contributed by atoms with Crippen LogP contribution in [0.2, 0.25) is 0 Å². The normalized spacial score (nSPS) is 13.9. The van der Waals surface area contributed by atoms with Gasteiger partial charge in [-0.1, -0.05) is 42.0 Å². The molecule has 0 aliphatic carbocycles. The van der Waals surface area contributed by atoms with Crippen molar-refractivity contribution < 1.29 is 23.8 Å². The molecule has 1 unspecified atom stereocenters.